The minimum Gasteiger partial charge on any atom is -0.496 e. The second-order valence-electron chi connectivity index (χ2n) is 6.62. The number of benzene rings is 1. The third-order valence-corrected chi connectivity index (χ3v) is 5.67. The minimum absolute atomic E-state index is 0.0159. The molecule has 2 atom stereocenters. The summed E-state index contributed by atoms with van der Waals surface area (Å²) in [5, 5.41) is 5.44. The fraction of sp³-hybridized carbons (Fsp3) is 0.263. The zero-order valence-corrected chi connectivity index (χ0v) is 14.6. The quantitative estimate of drug-likeness (QED) is 0.670. The number of rotatable bonds is 1. The van der Waals surface area contributed by atoms with Gasteiger partial charge in [0, 0.05) is 40.9 Å². The van der Waals surface area contributed by atoms with Crippen LogP contribution in [-0.4, -0.2) is 34.6 Å². The number of hydrogen-bond donors (Lipinski definition) is 0. The highest BCUT2D eigenvalue weighted by Crippen LogP contribution is 2.53. The van der Waals surface area contributed by atoms with Crippen molar-refractivity contribution < 1.29 is 9.53 Å². The maximum absolute atomic E-state index is 13.0. The molecule has 0 fully saturated rings. The van der Waals surface area contributed by atoms with Crippen LogP contribution in [0.25, 0.3) is 5.52 Å². The molecular formula is C19H16ClN3O2. The lowest BCUT2D eigenvalue weighted by molar-refractivity contribution is 0.0734. The average Bonchev–Trinajstić information content (AvgIpc) is 3.13. The molecule has 0 saturated carbocycles. The molecule has 1 aliphatic carbocycles. The van der Waals surface area contributed by atoms with Crippen molar-refractivity contribution in [3.63, 3.8) is 0 Å². The predicted molar refractivity (Wildman–Crippen MR) is 94.5 cm³/mol. The van der Waals surface area contributed by atoms with Crippen molar-refractivity contribution in [1.29, 1.82) is 0 Å². The molecular weight excluding hydrogens is 338 g/mol. The summed E-state index contributed by atoms with van der Waals surface area (Å²) in [5.74, 6) is 0.831. The molecule has 3 heterocycles. The summed E-state index contributed by atoms with van der Waals surface area (Å²) in [6, 6.07) is 9.41. The van der Waals surface area contributed by atoms with E-state index in [1.807, 2.05) is 48.1 Å². The van der Waals surface area contributed by atoms with Gasteiger partial charge in [0.2, 0.25) is 0 Å². The molecule has 1 aromatic carbocycles. The van der Waals surface area contributed by atoms with Crippen LogP contribution in [0.5, 0.6) is 5.75 Å². The highest BCUT2D eigenvalue weighted by molar-refractivity contribution is 6.30. The monoisotopic (exact) mass is 353 g/mol. The first kappa shape index (κ1) is 14.8. The zero-order chi connectivity index (χ0) is 17.3. The van der Waals surface area contributed by atoms with Crippen molar-refractivity contribution in [1.82, 2.24) is 14.5 Å². The van der Waals surface area contributed by atoms with E-state index in [1.165, 1.54) is 0 Å². The van der Waals surface area contributed by atoms with Crippen molar-refractivity contribution in [3.8, 4) is 5.75 Å². The van der Waals surface area contributed by atoms with E-state index in [9.17, 15) is 4.79 Å². The summed E-state index contributed by atoms with van der Waals surface area (Å²) in [7, 11) is 3.50. The van der Waals surface area contributed by atoms with E-state index in [0.717, 1.165) is 34.5 Å². The lowest BCUT2D eigenvalue weighted by Crippen LogP contribution is -2.30. The smallest absolute Gasteiger partial charge is 0.254 e. The number of amides is 1. The van der Waals surface area contributed by atoms with Gasteiger partial charge in [0.1, 0.15) is 5.75 Å². The third kappa shape index (κ3) is 1.84. The zero-order valence-electron chi connectivity index (χ0n) is 13.9. The number of aromatic nitrogens is 2. The first-order chi connectivity index (χ1) is 12.1. The third-order valence-electron chi connectivity index (χ3n) is 5.44. The molecule has 2 bridgehead atoms. The molecule has 5 nitrogen and oxygen atoms in total. The van der Waals surface area contributed by atoms with Crippen molar-refractivity contribution in [2.45, 2.75) is 18.4 Å². The SMILES string of the molecule is COc1cccc2c1[C@H]1C[C@H](c3nn4ccc(Cl)cc4c31)N(C)C2=O. The molecule has 3 aromatic rings. The molecule has 0 saturated heterocycles. The van der Waals surface area contributed by atoms with Crippen LogP contribution in [0.15, 0.2) is 36.5 Å². The van der Waals surface area contributed by atoms with E-state index in [1.54, 1.807) is 12.0 Å². The van der Waals surface area contributed by atoms with E-state index in [4.69, 9.17) is 21.4 Å². The van der Waals surface area contributed by atoms with Gasteiger partial charge in [0.15, 0.2) is 0 Å². The Hall–Kier alpha value is -2.53. The summed E-state index contributed by atoms with van der Waals surface area (Å²) in [6.45, 7) is 0. The van der Waals surface area contributed by atoms with Gasteiger partial charge in [-0.05, 0) is 30.7 Å². The maximum atomic E-state index is 13.0. The lowest BCUT2D eigenvalue weighted by Gasteiger charge is -2.23. The summed E-state index contributed by atoms with van der Waals surface area (Å²) in [4.78, 5) is 14.8. The van der Waals surface area contributed by atoms with Gasteiger partial charge in [-0.3, -0.25) is 4.79 Å². The number of fused-ring (bicyclic) bond motifs is 9. The Balaban J connectivity index is 1.87. The summed E-state index contributed by atoms with van der Waals surface area (Å²) in [6.07, 6.45) is 2.68. The van der Waals surface area contributed by atoms with Crippen molar-refractivity contribution in [2.75, 3.05) is 14.2 Å². The van der Waals surface area contributed by atoms with Crippen LogP contribution in [-0.2, 0) is 0 Å². The summed E-state index contributed by atoms with van der Waals surface area (Å²) < 4.78 is 7.46. The second-order valence-corrected chi connectivity index (χ2v) is 7.05. The lowest BCUT2D eigenvalue weighted by atomic mass is 9.89. The average molecular weight is 354 g/mol. The van der Waals surface area contributed by atoms with Crippen LogP contribution in [0.3, 0.4) is 0 Å². The Kier molecular flexibility index (Phi) is 2.95. The second kappa shape index (κ2) is 4.99. The number of nitrogens with zero attached hydrogens (tertiary/aromatic N) is 3. The molecule has 6 heteroatoms. The van der Waals surface area contributed by atoms with Crippen LogP contribution in [0.4, 0.5) is 0 Å². The van der Waals surface area contributed by atoms with Gasteiger partial charge in [-0.15, -0.1) is 0 Å². The van der Waals surface area contributed by atoms with Gasteiger partial charge < -0.3 is 9.64 Å². The largest absolute Gasteiger partial charge is 0.496 e. The Morgan fingerprint density at radius 2 is 2.12 bits per heavy atom. The fourth-order valence-corrected chi connectivity index (χ4v) is 4.48. The Morgan fingerprint density at radius 3 is 2.92 bits per heavy atom. The number of pyridine rings is 1. The van der Waals surface area contributed by atoms with E-state index in [2.05, 4.69) is 0 Å². The normalized spacial score (nSPS) is 21.2. The Morgan fingerprint density at radius 1 is 1.28 bits per heavy atom. The molecule has 126 valence electrons. The molecule has 25 heavy (non-hydrogen) atoms. The Labute approximate surface area is 149 Å². The predicted octanol–water partition coefficient (Wildman–Crippen LogP) is 3.66. The van der Waals surface area contributed by atoms with Gasteiger partial charge in [0.05, 0.1) is 24.4 Å². The fourth-order valence-electron chi connectivity index (χ4n) is 4.32. The number of ether oxygens (including phenoxy) is 1. The van der Waals surface area contributed by atoms with Crippen LogP contribution in [0.2, 0.25) is 5.02 Å². The van der Waals surface area contributed by atoms with Crippen LogP contribution in [0, 0.1) is 0 Å². The van der Waals surface area contributed by atoms with Crippen LogP contribution in [0.1, 0.15) is 45.6 Å². The van der Waals surface area contributed by atoms with Gasteiger partial charge in [-0.1, -0.05) is 17.7 Å². The molecule has 0 N–H and O–H groups in total. The van der Waals surface area contributed by atoms with Crippen molar-refractivity contribution >= 4 is 23.0 Å². The molecule has 1 amide bonds. The minimum atomic E-state index is -0.0386. The van der Waals surface area contributed by atoms with Gasteiger partial charge in [-0.2, -0.15) is 5.10 Å². The van der Waals surface area contributed by atoms with Crippen LogP contribution < -0.4 is 4.74 Å². The molecule has 2 aliphatic rings. The van der Waals surface area contributed by atoms with Crippen LogP contribution >= 0.6 is 11.6 Å². The number of halogens is 1. The maximum Gasteiger partial charge on any atom is 0.254 e. The number of methoxy groups -OCH3 is 1. The molecule has 0 spiro atoms. The van der Waals surface area contributed by atoms with Crippen molar-refractivity contribution in [3.05, 3.63) is 63.9 Å². The van der Waals surface area contributed by atoms with Gasteiger partial charge in [0.25, 0.3) is 5.91 Å². The van der Waals surface area contributed by atoms with E-state index in [0.29, 0.717) is 10.6 Å². The Bertz CT molecular complexity index is 1040. The topological polar surface area (TPSA) is 46.8 Å². The van der Waals surface area contributed by atoms with E-state index in [-0.39, 0.29) is 17.9 Å². The highest BCUT2D eigenvalue weighted by atomic mass is 35.5. The van der Waals surface area contributed by atoms with Gasteiger partial charge >= 0.3 is 0 Å². The highest BCUT2D eigenvalue weighted by Gasteiger charge is 2.45. The summed E-state index contributed by atoms with van der Waals surface area (Å²) >= 11 is 6.23. The first-order valence-electron chi connectivity index (χ1n) is 8.22. The number of carbonyl (C=O) groups is 1. The molecule has 0 unspecified atom stereocenters. The molecule has 5 rings (SSSR count). The standard InChI is InChI=1S/C19H16ClN3O2/c1-22-14-9-12(16-11(19(22)24)4-3-5-15(16)25-2)17-13-8-10(20)6-7-23(13)21-18(14)17/h3-8,12,14H,9H2,1-2H3/t12-,14-/m1/s1. The van der Waals surface area contributed by atoms with Crippen molar-refractivity contribution in [2.24, 2.45) is 0 Å². The van der Waals surface area contributed by atoms with E-state index >= 15 is 0 Å². The molecule has 2 aromatic heterocycles. The number of carbonyl (C=O) groups excluding carboxylic acids is 1. The van der Waals surface area contributed by atoms with Gasteiger partial charge in [-0.25, -0.2) is 4.52 Å². The number of hydrogen-bond acceptors (Lipinski definition) is 3. The first-order valence-corrected chi connectivity index (χ1v) is 8.59. The summed E-state index contributed by atoms with van der Waals surface area (Å²) in [5.41, 5.74) is 4.77. The molecule has 0 radical (unpaired) electrons. The van der Waals surface area contributed by atoms with E-state index < -0.39 is 0 Å². The molecule has 1 aliphatic heterocycles.